The Labute approximate surface area is 168 Å². The highest BCUT2D eigenvalue weighted by Crippen LogP contribution is 2.41. The van der Waals surface area contributed by atoms with Gasteiger partial charge in [0, 0.05) is 35.9 Å². The third kappa shape index (κ3) is 3.89. The molecule has 0 spiro atoms. The normalized spacial score (nSPS) is 19.0. The highest BCUT2D eigenvalue weighted by atomic mass is 19.4. The first-order valence-corrected chi connectivity index (χ1v) is 9.30. The van der Waals surface area contributed by atoms with Gasteiger partial charge in [-0.05, 0) is 48.6 Å². The van der Waals surface area contributed by atoms with Crippen molar-refractivity contribution in [2.24, 2.45) is 0 Å². The number of hydrogen-bond donors (Lipinski definition) is 2. The summed E-state index contributed by atoms with van der Waals surface area (Å²) in [5.74, 6) is -1.96. The molecule has 1 heterocycles. The molecule has 3 aromatic rings. The highest BCUT2D eigenvalue weighted by molar-refractivity contribution is 5.84. The van der Waals surface area contributed by atoms with Crippen molar-refractivity contribution in [3.8, 4) is 5.75 Å². The van der Waals surface area contributed by atoms with Gasteiger partial charge in [0.25, 0.3) is 0 Å². The quantitative estimate of drug-likeness (QED) is 0.457. The van der Waals surface area contributed by atoms with Crippen LogP contribution in [0.1, 0.15) is 24.0 Å². The van der Waals surface area contributed by atoms with Crippen LogP contribution >= 0.6 is 0 Å². The molecule has 0 amide bonds. The predicted molar refractivity (Wildman–Crippen MR) is 102 cm³/mol. The number of fused-ring (bicyclic) bond motifs is 1. The molecule has 158 valence electrons. The van der Waals surface area contributed by atoms with E-state index in [0.717, 1.165) is 16.8 Å². The van der Waals surface area contributed by atoms with Crippen LogP contribution in [0.15, 0.2) is 42.7 Å². The standard InChI is InChI=1S/C21H18F5N3O/c22-16-2-1-11-9-28-6-5-14(11)15(16)10-29-12-7-13(8-12)30-18-4-3-17(23)19(20(18)27)21(24,25)26/h1-6,9,12-13,29H,7-8,10,27H2/t12-,13-. The summed E-state index contributed by atoms with van der Waals surface area (Å²) in [6, 6.07) is 6.61. The summed E-state index contributed by atoms with van der Waals surface area (Å²) in [6.07, 6.45) is -1.000. The van der Waals surface area contributed by atoms with E-state index in [1.165, 1.54) is 6.07 Å². The van der Waals surface area contributed by atoms with Crippen LogP contribution in [-0.2, 0) is 12.7 Å². The number of benzene rings is 2. The largest absolute Gasteiger partial charge is 0.488 e. The molecule has 1 aliphatic carbocycles. The number of rotatable bonds is 5. The van der Waals surface area contributed by atoms with Crippen LogP contribution in [0.25, 0.3) is 10.8 Å². The molecule has 1 fully saturated rings. The number of alkyl halides is 3. The van der Waals surface area contributed by atoms with Crippen LogP contribution in [0.2, 0.25) is 0 Å². The lowest BCUT2D eigenvalue weighted by Gasteiger charge is -2.36. The van der Waals surface area contributed by atoms with Gasteiger partial charge in [0.2, 0.25) is 0 Å². The maximum atomic E-state index is 14.2. The first-order valence-electron chi connectivity index (χ1n) is 9.30. The van der Waals surface area contributed by atoms with Gasteiger partial charge in [-0.3, -0.25) is 4.98 Å². The Morgan fingerprint density at radius 2 is 1.80 bits per heavy atom. The fourth-order valence-electron chi connectivity index (χ4n) is 3.61. The van der Waals surface area contributed by atoms with E-state index in [0.29, 0.717) is 31.0 Å². The molecule has 0 unspecified atom stereocenters. The Balaban J connectivity index is 1.38. The molecule has 3 N–H and O–H groups in total. The van der Waals surface area contributed by atoms with E-state index in [4.69, 9.17) is 10.5 Å². The van der Waals surface area contributed by atoms with Crippen LogP contribution in [-0.4, -0.2) is 17.1 Å². The lowest BCUT2D eigenvalue weighted by Crippen LogP contribution is -2.46. The third-order valence-electron chi connectivity index (χ3n) is 5.27. The number of nitrogens with one attached hydrogen (secondary N) is 1. The lowest BCUT2D eigenvalue weighted by atomic mass is 9.88. The molecule has 0 radical (unpaired) electrons. The number of aromatic nitrogens is 1. The first kappa shape index (κ1) is 20.3. The Kier molecular flexibility index (Phi) is 5.23. The highest BCUT2D eigenvalue weighted by Gasteiger charge is 2.39. The van der Waals surface area contributed by atoms with E-state index >= 15 is 0 Å². The van der Waals surface area contributed by atoms with E-state index in [-0.39, 0.29) is 23.7 Å². The molecule has 1 saturated carbocycles. The van der Waals surface area contributed by atoms with Gasteiger partial charge in [-0.25, -0.2) is 8.78 Å². The number of nitrogens with two attached hydrogens (primary N) is 1. The van der Waals surface area contributed by atoms with Crippen molar-refractivity contribution in [1.82, 2.24) is 10.3 Å². The molecule has 1 aromatic heterocycles. The average Bonchev–Trinajstić information content (AvgIpc) is 2.65. The molecule has 4 rings (SSSR count). The fraction of sp³-hybridized carbons (Fsp3) is 0.286. The van der Waals surface area contributed by atoms with Gasteiger partial charge in [-0.2, -0.15) is 13.2 Å². The molecule has 30 heavy (non-hydrogen) atoms. The van der Waals surface area contributed by atoms with Crippen molar-refractivity contribution in [3.05, 3.63) is 65.5 Å². The molecule has 0 aliphatic heterocycles. The van der Waals surface area contributed by atoms with Crippen molar-refractivity contribution >= 4 is 16.5 Å². The minimum absolute atomic E-state index is 0.00949. The van der Waals surface area contributed by atoms with Crippen LogP contribution in [0, 0.1) is 11.6 Å². The Morgan fingerprint density at radius 1 is 1.07 bits per heavy atom. The number of pyridine rings is 1. The Morgan fingerprint density at radius 3 is 2.53 bits per heavy atom. The first-order chi connectivity index (χ1) is 14.2. The molecule has 2 aromatic carbocycles. The summed E-state index contributed by atoms with van der Waals surface area (Å²) in [5, 5.41) is 4.83. The fourth-order valence-corrected chi connectivity index (χ4v) is 3.61. The van der Waals surface area contributed by atoms with Gasteiger partial charge in [0.1, 0.15) is 29.1 Å². The maximum Gasteiger partial charge on any atom is 0.421 e. The van der Waals surface area contributed by atoms with E-state index in [2.05, 4.69) is 10.3 Å². The zero-order chi connectivity index (χ0) is 21.5. The van der Waals surface area contributed by atoms with Gasteiger partial charge in [0.05, 0.1) is 5.69 Å². The number of nitrogens with zero attached hydrogens (tertiary/aromatic N) is 1. The number of ether oxygens (including phenoxy) is 1. The molecule has 9 heteroatoms. The van der Waals surface area contributed by atoms with Gasteiger partial charge in [-0.1, -0.05) is 0 Å². The zero-order valence-corrected chi connectivity index (χ0v) is 15.6. The minimum Gasteiger partial charge on any atom is -0.488 e. The topological polar surface area (TPSA) is 60.2 Å². The molecule has 4 nitrogen and oxygen atoms in total. The molecule has 0 atom stereocenters. The van der Waals surface area contributed by atoms with Crippen LogP contribution in [0.3, 0.4) is 0 Å². The van der Waals surface area contributed by atoms with Crippen LogP contribution in [0.4, 0.5) is 27.6 Å². The summed E-state index contributed by atoms with van der Waals surface area (Å²) in [4.78, 5) is 4.03. The van der Waals surface area contributed by atoms with Crippen LogP contribution < -0.4 is 15.8 Å². The Bertz CT molecular complexity index is 1080. The number of anilines is 1. The number of halogens is 5. The van der Waals surface area contributed by atoms with Crippen LogP contribution in [0.5, 0.6) is 5.75 Å². The second-order valence-corrected chi connectivity index (χ2v) is 7.24. The van der Waals surface area contributed by atoms with Crippen molar-refractivity contribution in [1.29, 1.82) is 0 Å². The molecular formula is C21H18F5N3O. The average molecular weight is 423 g/mol. The maximum absolute atomic E-state index is 14.2. The number of nitrogen functional groups attached to an aromatic ring is 1. The SMILES string of the molecule is Nc1c(O[C@H]2C[C@H](NCc3c(F)ccc4cnccc34)C2)ccc(F)c1C(F)(F)F. The van der Waals surface area contributed by atoms with Crippen molar-refractivity contribution in [2.75, 3.05) is 5.73 Å². The van der Waals surface area contributed by atoms with Crippen molar-refractivity contribution in [3.63, 3.8) is 0 Å². The van der Waals surface area contributed by atoms with Gasteiger partial charge in [0.15, 0.2) is 0 Å². The zero-order valence-electron chi connectivity index (χ0n) is 15.6. The smallest absolute Gasteiger partial charge is 0.421 e. The van der Waals surface area contributed by atoms with Gasteiger partial charge < -0.3 is 15.8 Å². The van der Waals surface area contributed by atoms with E-state index < -0.39 is 23.2 Å². The summed E-state index contributed by atoms with van der Waals surface area (Å²) < 4.78 is 72.2. The molecule has 0 saturated heterocycles. The molecule has 1 aliphatic rings. The summed E-state index contributed by atoms with van der Waals surface area (Å²) in [5.41, 5.74) is 3.74. The summed E-state index contributed by atoms with van der Waals surface area (Å²) in [6.45, 7) is 0.293. The monoisotopic (exact) mass is 423 g/mol. The van der Waals surface area contributed by atoms with E-state index in [9.17, 15) is 22.0 Å². The van der Waals surface area contributed by atoms with Crippen molar-refractivity contribution in [2.45, 2.75) is 37.7 Å². The second kappa shape index (κ2) is 7.71. The molecule has 0 bridgehead atoms. The lowest BCUT2D eigenvalue weighted by molar-refractivity contribution is -0.139. The summed E-state index contributed by atoms with van der Waals surface area (Å²) >= 11 is 0. The Hall–Kier alpha value is -2.94. The molecular weight excluding hydrogens is 405 g/mol. The van der Waals surface area contributed by atoms with Crippen molar-refractivity contribution < 1.29 is 26.7 Å². The summed E-state index contributed by atoms with van der Waals surface area (Å²) in [7, 11) is 0. The van der Waals surface area contributed by atoms with E-state index in [1.807, 2.05) is 0 Å². The third-order valence-corrected chi connectivity index (χ3v) is 5.27. The second-order valence-electron chi connectivity index (χ2n) is 7.24. The van der Waals surface area contributed by atoms with E-state index in [1.54, 1.807) is 24.5 Å². The minimum atomic E-state index is -4.91. The van der Waals surface area contributed by atoms with Gasteiger partial charge in [-0.15, -0.1) is 0 Å². The number of hydrogen-bond acceptors (Lipinski definition) is 4. The van der Waals surface area contributed by atoms with Gasteiger partial charge >= 0.3 is 6.18 Å². The predicted octanol–water partition coefficient (Wildman–Crippen LogP) is 4.81.